The SMILES string of the molecule is CN(CCCC(=O)O)C(=O)c1ccc(-n2ccnc2)c([N+](=O)[O-])c1. The summed E-state index contributed by atoms with van der Waals surface area (Å²) in [6.45, 7) is 0.252. The van der Waals surface area contributed by atoms with Gasteiger partial charge in [-0.2, -0.15) is 0 Å². The average molecular weight is 332 g/mol. The Morgan fingerprint density at radius 3 is 2.75 bits per heavy atom. The van der Waals surface area contributed by atoms with E-state index in [-0.39, 0.29) is 24.2 Å². The first-order valence-corrected chi connectivity index (χ1v) is 7.14. The fraction of sp³-hybridized carbons (Fsp3) is 0.267. The van der Waals surface area contributed by atoms with Crippen molar-refractivity contribution in [2.75, 3.05) is 13.6 Å². The largest absolute Gasteiger partial charge is 0.481 e. The zero-order valence-corrected chi connectivity index (χ0v) is 13.0. The molecule has 0 aliphatic heterocycles. The maximum Gasteiger partial charge on any atom is 0.303 e. The Bertz CT molecular complexity index is 757. The summed E-state index contributed by atoms with van der Waals surface area (Å²) < 4.78 is 1.49. The number of nitro groups is 1. The van der Waals surface area contributed by atoms with Gasteiger partial charge >= 0.3 is 5.97 Å². The predicted octanol–water partition coefficient (Wildman–Crippen LogP) is 1.72. The highest BCUT2D eigenvalue weighted by atomic mass is 16.6. The zero-order valence-electron chi connectivity index (χ0n) is 13.0. The van der Waals surface area contributed by atoms with Crippen molar-refractivity contribution in [1.82, 2.24) is 14.5 Å². The molecule has 9 heteroatoms. The number of imidazole rings is 1. The summed E-state index contributed by atoms with van der Waals surface area (Å²) in [5.74, 6) is -1.34. The molecule has 0 atom stereocenters. The van der Waals surface area contributed by atoms with Gasteiger partial charge in [-0.15, -0.1) is 0 Å². The number of aromatic nitrogens is 2. The van der Waals surface area contributed by atoms with E-state index in [4.69, 9.17) is 5.11 Å². The number of carboxylic acids is 1. The summed E-state index contributed by atoms with van der Waals surface area (Å²) in [6, 6.07) is 4.20. The topological polar surface area (TPSA) is 119 Å². The van der Waals surface area contributed by atoms with E-state index < -0.39 is 16.8 Å². The summed E-state index contributed by atoms with van der Waals surface area (Å²) in [6.07, 6.45) is 4.77. The third-order valence-corrected chi connectivity index (χ3v) is 3.43. The van der Waals surface area contributed by atoms with Gasteiger partial charge in [0, 0.05) is 44.0 Å². The number of carboxylic acid groups (broad SMARTS) is 1. The second kappa shape index (κ2) is 7.36. The number of carbonyl (C=O) groups is 2. The van der Waals surface area contributed by atoms with Crippen molar-refractivity contribution < 1.29 is 19.6 Å². The minimum Gasteiger partial charge on any atom is -0.481 e. The molecular weight excluding hydrogens is 316 g/mol. The van der Waals surface area contributed by atoms with Crippen LogP contribution in [0, 0.1) is 10.1 Å². The van der Waals surface area contributed by atoms with Crippen LogP contribution < -0.4 is 0 Å². The molecule has 1 heterocycles. The molecule has 2 aromatic rings. The van der Waals surface area contributed by atoms with Crippen molar-refractivity contribution in [2.45, 2.75) is 12.8 Å². The molecule has 0 saturated heterocycles. The highest BCUT2D eigenvalue weighted by Gasteiger charge is 2.20. The van der Waals surface area contributed by atoms with Gasteiger partial charge in [0.15, 0.2) is 0 Å². The van der Waals surface area contributed by atoms with E-state index in [0.29, 0.717) is 12.1 Å². The van der Waals surface area contributed by atoms with Crippen LogP contribution in [-0.2, 0) is 4.79 Å². The van der Waals surface area contributed by atoms with Crippen molar-refractivity contribution >= 4 is 17.6 Å². The van der Waals surface area contributed by atoms with Gasteiger partial charge in [-0.05, 0) is 18.6 Å². The van der Waals surface area contributed by atoms with Crippen LogP contribution in [0.15, 0.2) is 36.9 Å². The molecule has 24 heavy (non-hydrogen) atoms. The van der Waals surface area contributed by atoms with Crippen LogP contribution in [0.2, 0.25) is 0 Å². The number of amides is 1. The average Bonchev–Trinajstić information content (AvgIpc) is 3.07. The highest BCUT2D eigenvalue weighted by molar-refractivity contribution is 5.95. The highest BCUT2D eigenvalue weighted by Crippen LogP contribution is 2.24. The molecule has 0 aliphatic carbocycles. The molecule has 2 rings (SSSR count). The predicted molar refractivity (Wildman–Crippen MR) is 84.0 cm³/mol. The van der Waals surface area contributed by atoms with E-state index in [1.807, 2.05) is 0 Å². The van der Waals surface area contributed by atoms with E-state index in [1.165, 1.54) is 47.2 Å². The number of hydrogen-bond acceptors (Lipinski definition) is 5. The van der Waals surface area contributed by atoms with Gasteiger partial charge in [-0.3, -0.25) is 19.7 Å². The van der Waals surface area contributed by atoms with Crippen LogP contribution in [0.3, 0.4) is 0 Å². The van der Waals surface area contributed by atoms with E-state index >= 15 is 0 Å². The van der Waals surface area contributed by atoms with Crippen LogP contribution >= 0.6 is 0 Å². The monoisotopic (exact) mass is 332 g/mol. The number of nitrogens with zero attached hydrogens (tertiary/aromatic N) is 4. The van der Waals surface area contributed by atoms with E-state index in [1.54, 1.807) is 6.20 Å². The van der Waals surface area contributed by atoms with Crippen LogP contribution in [0.5, 0.6) is 0 Å². The van der Waals surface area contributed by atoms with Gasteiger partial charge in [0.1, 0.15) is 5.69 Å². The number of rotatable bonds is 7. The maximum atomic E-state index is 12.3. The summed E-state index contributed by atoms with van der Waals surface area (Å²) in [7, 11) is 1.53. The molecule has 1 aromatic carbocycles. The summed E-state index contributed by atoms with van der Waals surface area (Å²) in [5.41, 5.74) is 0.267. The fourth-order valence-corrected chi connectivity index (χ4v) is 2.21. The van der Waals surface area contributed by atoms with Gasteiger partial charge in [-0.25, -0.2) is 4.98 Å². The van der Waals surface area contributed by atoms with Gasteiger partial charge < -0.3 is 14.6 Å². The Labute approximate surface area is 137 Å². The molecule has 0 saturated carbocycles. The number of hydrogen-bond donors (Lipinski definition) is 1. The molecule has 1 amide bonds. The normalized spacial score (nSPS) is 10.4. The lowest BCUT2D eigenvalue weighted by Crippen LogP contribution is -2.28. The summed E-state index contributed by atoms with van der Waals surface area (Å²) in [5, 5.41) is 19.9. The second-order valence-electron chi connectivity index (χ2n) is 5.15. The smallest absolute Gasteiger partial charge is 0.303 e. The number of carbonyl (C=O) groups excluding carboxylic acids is 1. The Hall–Kier alpha value is -3.23. The lowest BCUT2D eigenvalue weighted by Gasteiger charge is -2.17. The minimum absolute atomic E-state index is 0.0443. The first-order chi connectivity index (χ1) is 11.4. The first-order valence-electron chi connectivity index (χ1n) is 7.14. The van der Waals surface area contributed by atoms with Crippen LogP contribution in [-0.4, -0.2) is 49.9 Å². The minimum atomic E-state index is -0.934. The molecule has 0 bridgehead atoms. The molecular formula is C15H16N4O5. The van der Waals surface area contributed by atoms with Crippen molar-refractivity contribution in [2.24, 2.45) is 0 Å². The third kappa shape index (κ3) is 3.94. The maximum absolute atomic E-state index is 12.3. The standard InChI is InChI=1S/C15H16N4O5/c1-17(7-2-3-14(20)21)15(22)11-4-5-12(13(9-11)19(23)24)18-8-6-16-10-18/h4-6,8-10H,2-3,7H2,1H3,(H,20,21). The fourth-order valence-electron chi connectivity index (χ4n) is 2.21. The lowest BCUT2D eigenvalue weighted by atomic mass is 10.1. The quantitative estimate of drug-likeness (QED) is 0.609. The van der Waals surface area contributed by atoms with Crippen molar-refractivity contribution in [1.29, 1.82) is 0 Å². The molecule has 0 radical (unpaired) electrons. The molecule has 0 fully saturated rings. The van der Waals surface area contributed by atoms with Crippen LogP contribution in [0.1, 0.15) is 23.2 Å². The Balaban J connectivity index is 2.22. The van der Waals surface area contributed by atoms with Gasteiger partial charge in [-0.1, -0.05) is 0 Å². The van der Waals surface area contributed by atoms with E-state index in [0.717, 1.165) is 0 Å². The Morgan fingerprint density at radius 2 is 2.17 bits per heavy atom. The molecule has 0 aliphatic rings. The number of benzene rings is 1. The van der Waals surface area contributed by atoms with Crippen molar-refractivity contribution in [3.8, 4) is 5.69 Å². The van der Waals surface area contributed by atoms with E-state index in [2.05, 4.69) is 4.98 Å². The summed E-state index contributed by atoms with van der Waals surface area (Å²) >= 11 is 0. The Kier molecular flexibility index (Phi) is 5.25. The van der Waals surface area contributed by atoms with Gasteiger partial charge in [0.2, 0.25) is 0 Å². The van der Waals surface area contributed by atoms with E-state index in [9.17, 15) is 19.7 Å². The second-order valence-corrected chi connectivity index (χ2v) is 5.15. The van der Waals surface area contributed by atoms with Crippen LogP contribution in [0.25, 0.3) is 5.69 Å². The summed E-state index contributed by atoms with van der Waals surface area (Å²) in [4.78, 5) is 38.8. The third-order valence-electron chi connectivity index (χ3n) is 3.43. The zero-order chi connectivity index (χ0) is 17.7. The molecule has 0 spiro atoms. The molecule has 9 nitrogen and oxygen atoms in total. The molecule has 1 aromatic heterocycles. The van der Waals surface area contributed by atoms with Crippen molar-refractivity contribution in [3.05, 3.63) is 52.6 Å². The van der Waals surface area contributed by atoms with Gasteiger partial charge in [0.25, 0.3) is 11.6 Å². The first kappa shape index (κ1) is 17.1. The molecule has 126 valence electrons. The Morgan fingerprint density at radius 1 is 1.42 bits per heavy atom. The molecule has 1 N–H and O–H groups in total. The van der Waals surface area contributed by atoms with Gasteiger partial charge in [0.05, 0.1) is 11.3 Å². The number of nitro benzene ring substituents is 1. The lowest BCUT2D eigenvalue weighted by molar-refractivity contribution is -0.384. The molecule has 0 unspecified atom stereocenters. The van der Waals surface area contributed by atoms with Crippen molar-refractivity contribution in [3.63, 3.8) is 0 Å². The number of aliphatic carboxylic acids is 1. The van der Waals surface area contributed by atoms with Crippen LogP contribution in [0.4, 0.5) is 5.69 Å².